The van der Waals surface area contributed by atoms with Gasteiger partial charge < -0.3 is 10.2 Å². The van der Waals surface area contributed by atoms with E-state index in [9.17, 15) is 10.1 Å². The van der Waals surface area contributed by atoms with Crippen LogP contribution >= 0.6 is 0 Å². The SMILES string of the molecule is CC(CNc1ccc([N+](=O)[O-])cn1)N1CCN(C)CC1. The van der Waals surface area contributed by atoms with Gasteiger partial charge >= 0.3 is 0 Å². The van der Waals surface area contributed by atoms with Crippen molar-refractivity contribution in [2.75, 3.05) is 45.1 Å². The van der Waals surface area contributed by atoms with Crippen LogP contribution in [0.25, 0.3) is 0 Å². The number of rotatable bonds is 5. The van der Waals surface area contributed by atoms with E-state index < -0.39 is 4.92 Å². The summed E-state index contributed by atoms with van der Waals surface area (Å²) in [5.41, 5.74) is 0.0164. The van der Waals surface area contributed by atoms with Gasteiger partial charge in [0.15, 0.2) is 0 Å². The zero-order valence-electron chi connectivity index (χ0n) is 12.0. The zero-order valence-corrected chi connectivity index (χ0v) is 12.0. The predicted octanol–water partition coefficient (Wildman–Crippen LogP) is 1.04. The maximum absolute atomic E-state index is 10.5. The van der Waals surface area contributed by atoms with Crippen molar-refractivity contribution >= 4 is 11.5 Å². The number of nitro groups is 1. The van der Waals surface area contributed by atoms with Crippen LogP contribution in [0.4, 0.5) is 11.5 Å². The molecule has 7 nitrogen and oxygen atoms in total. The Morgan fingerprint density at radius 1 is 1.40 bits per heavy atom. The lowest BCUT2D eigenvalue weighted by Crippen LogP contribution is -2.49. The molecular formula is C13H21N5O2. The summed E-state index contributed by atoms with van der Waals surface area (Å²) >= 11 is 0. The van der Waals surface area contributed by atoms with Gasteiger partial charge in [-0.1, -0.05) is 0 Å². The summed E-state index contributed by atoms with van der Waals surface area (Å²) in [6.45, 7) is 7.32. The molecule has 0 saturated carbocycles. The molecule has 110 valence electrons. The Labute approximate surface area is 118 Å². The molecule has 1 aromatic rings. The molecule has 2 rings (SSSR count). The number of likely N-dealkylation sites (N-methyl/N-ethyl adjacent to an activating group) is 1. The summed E-state index contributed by atoms with van der Waals surface area (Å²) in [5.74, 6) is 0.677. The Hall–Kier alpha value is -1.73. The van der Waals surface area contributed by atoms with Gasteiger partial charge in [-0.15, -0.1) is 0 Å². The largest absolute Gasteiger partial charge is 0.369 e. The minimum Gasteiger partial charge on any atom is -0.369 e. The van der Waals surface area contributed by atoms with E-state index in [-0.39, 0.29) is 5.69 Å². The molecule has 1 fully saturated rings. The van der Waals surface area contributed by atoms with Crippen molar-refractivity contribution in [1.29, 1.82) is 0 Å². The van der Waals surface area contributed by atoms with Crippen LogP contribution in [-0.2, 0) is 0 Å². The predicted molar refractivity (Wildman–Crippen MR) is 77.9 cm³/mol. The van der Waals surface area contributed by atoms with Crippen LogP contribution < -0.4 is 5.32 Å². The van der Waals surface area contributed by atoms with E-state index in [1.807, 2.05) is 0 Å². The number of piperazine rings is 1. The molecule has 0 amide bonds. The minimum atomic E-state index is -0.441. The maximum atomic E-state index is 10.5. The first-order chi connectivity index (χ1) is 9.56. The van der Waals surface area contributed by atoms with Gasteiger partial charge in [0, 0.05) is 44.8 Å². The van der Waals surface area contributed by atoms with Gasteiger partial charge in [-0.05, 0) is 20.0 Å². The first kappa shape index (κ1) is 14.7. The Balaban J connectivity index is 1.80. The Kier molecular flexibility index (Phi) is 4.86. The summed E-state index contributed by atoms with van der Waals surface area (Å²) in [7, 11) is 2.14. The zero-order chi connectivity index (χ0) is 14.5. The van der Waals surface area contributed by atoms with Crippen molar-refractivity contribution in [2.24, 2.45) is 0 Å². The van der Waals surface area contributed by atoms with Crippen LogP contribution in [0.15, 0.2) is 18.3 Å². The van der Waals surface area contributed by atoms with Crippen LogP contribution in [0.2, 0.25) is 0 Å². The van der Waals surface area contributed by atoms with Gasteiger partial charge in [0.2, 0.25) is 0 Å². The number of hydrogen-bond donors (Lipinski definition) is 1. The highest BCUT2D eigenvalue weighted by atomic mass is 16.6. The molecule has 0 bridgehead atoms. The Morgan fingerprint density at radius 3 is 2.65 bits per heavy atom. The lowest BCUT2D eigenvalue weighted by atomic mass is 10.2. The van der Waals surface area contributed by atoms with Gasteiger partial charge in [0.25, 0.3) is 5.69 Å². The standard InChI is InChI=1S/C13H21N5O2/c1-11(17-7-5-16(2)6-8-17)9-14-13-4-3-12(10-15-13)18(19)20/h3-4,10-11H,5-9H2,1-2H3,(H,14,15). The van der Waals surface area contributed by atoms with E-state index in [1.54, 1.807) is 6.07 Å². The number of nitrogens with zero attached hydrogens (tertiary/aromatic N) is 4. The van der Waals surface area contributed by atoms with Gasteiger partial charge in [0.05, 0.1) is 4.92 Å². The monoisotopic (exact) mass is 279 g/mol. The van der Waals surface area contributed by atoms with Crippen molar-refractivity contribution in [3.8, 4) is 0 Å². The first-order valence-corrected chi connectivity index (χ1v) is 6.83. The van der Waals surface area contributed by atoms with Gasteiger partial charge in [0.1, 0.15) is 12.0 Å². The lowest BCUT2D eigenvalue weighted by molar-refractivity contribution is -0.385. The fourth-order valence-corrected chi connectivity index (χ4v) is 2.24. The van der Waals surface area contributed by atoms with Crippen LogP contribution in [0.5, 0.6) is 0 Å². The molecule has 1 aliphatic rings. The van der Waals surface area contributed by atoms with E-state index in [0.29, 0.717) is 11.9 Å². The Bertz CT molecular complexity index is 443. The average Bonchev–Trinajstić information content (AvgIpc) is 2.46. The van der Waals surface area contributed by atoms with Crippen molar-refractivity contribution in [2.45, 2.75) is 13.0 Å². The number of hydrogen-bond acceptors (Lipinski definition) is 6. The molecule has 7 heteroatoms. The van der Waals surface area contributed by atoms with Crippen molar-refractivity contribution in [3.63, 3.8) is 0 Å². The van der Waals surface area contributed by atoms with E-state index >= 15 is 0 Å². The van der Waals surface area contributed by atoms with Crippen LogP contribution in [0.1, 0.15) is 6.92 Å². The summed E-state index contributed by atoms with van der Waals surface area (Å²) in [4.78, 5) is 18.9. The summed E-state index contributed by atoms with van der Waals surface area (Å²) in [6.07, 6.45) is 1.28. The number of pyridine rings is 1. The van der Waals surface area contributed by atoms with Crippen LogP contribution in [0.3, 0.4) is 0 Å². The quantitative estimate of drug-likeness (QED) is 0.641. The van der Waals surface area contributed by atoms with Gasteiger partial charge in [-0.2, -0.15) is 0 Å². The molecule has 1 aromatic heterocycles. The topological polar surface area (TPSA) is 74.5 Å². The molecule has 1 aliphatic heterocycles. The molecular weight excluding hydrogens is 258 g/mol. The van der Waals surface area contributed by atoms with Crippen molar-refractivity contribution in [1.82, 2.24) is 14.8 Å². The normalized spacial score (nSPS) is 18.7. The fraction of sp³-hybridized carbons (Fsp3) is 0.615. The number of nitrogens with one attached hydrogen (secondary N) is 1. The van der Waals surface area contributed by atoms with E-state index in [4.69, 9.17) is 0 Å². The molecule has 1 atom stereocenters. The second kappa shape index (κ2) is 6.62. The highest BCUT2D eigenvalue weighted by Crippen LogP contribution is 2.12. The Morgan fingerprint density at radius 2 is 2.10 bits per heavy atom. The summed E-state index contributed by atoms with van der Waals surface area (Å²) in [6, 6.07) is 3.53. The summed E-state index contributed by atoms with van der Waals surface area (Å²) in [5, 5.41) is 13.8. The molecule has 20 heavy (non-hydrogen) atoms. The smallest absolute Gasteiger partial charge is 0.287 e. The first-order valence-electron chi connectivity index (χ1n) is 6.83. The van der Waals surface area contributed by atoms with Gasteiger partial charge in [-0.25, -0.2) is 4.98 Å². The highest BCUT2D eigenvalue weighted by molar-refractivity contribution is 5.40. The number of anilines is 1. The highest BCUT2D eigenvalue weighted by Gasteiger charge is 2.18. The average molecular weight is 279 g/mol. The second-order valence-corrected chi connectivity index (χ2v) is 5.23. The molecule has 0 spiro atoms. The molecule has 2 heterocycles. The van der Waals surface area contributed by atoms with Crippen LogP contribution in [0, 0.1) is 10.1 Å². The molecule has 0 radical (unpaired) electrons. The van der Waals surface area contributed by atoms with Crippen molar-refractivity contribution in [3.05, 3.63) is 28.4 Å². The van der Waals surface area contributed by atoms with E-state index in [1.165, 1.54) is 12.3 Å². The van der Waals surface area contributed by atoms with Crippen LogP contribution in [-0.4, -0.2) is 65.5 Å². The third-order valence-corrected chi connectivity index (χ3v) is 3.70. The third kappa shape index (κ3) is 3.88. The van der Waals surface area contributed by atoms with E-state index in [2.05, 4.69) is 34.1 Å². The minimum absolute atomic E-state index is 0.0164. The maximum Gasteiger partial charge on any atom is 0.287 e. The van der Waals surface area contributed by atoms with E-state index in [0.717, 1.165) is 32.7 Å². The third-order valence-electron chi connectivity index (χ3n) is 3.70. The molecule has 1 saturated heterocycles. The lowest BCUT2D eigenvalue weighted by Gasteiger charge is -2.36. The van der Waals surface area contributed by atoms with Crippen molar-refractivity contribution < 1.29 is 4.92 Å². The molecule has 1 N–H and O–H groups in total. The fourth-order valence-electron chi connectivity index (χ4n) is 2.24. The molecule has 1 unspecified atom stereocenters. The second-order valence-electron chi connectivity index (χ2n) is 5.23. The number of aromatic nitrogens is 1. The molecule has 0 aliphatic carbocycles. The summed E-state index contributed by atoms with van der Waals surface area (Å²) < 4.78 is 0. The van der Waals surface area contributed by atoms with Gasteiger partial charge in [-0.3, -0.25) is 15.0 Å². The molecule has 0 aromatic carbocycles.